The van der Waals surface area contributed by atoms with Gasteiger partial charge in [0.1, 0.15) is 5.52 Å². The summed E-state index contributed by atoms with van der Waals surface area (Å²) in [5.74, 6) is 1.30. The van der Waals surface area contributed by atoms with E-state index in [1.165, 1.54) is 5.69 Å². The van der Waals surface area contributed by atoms with Gasteiger partial charge in [-0.15, -0.1) is 0 Å². The fourth-order valence-electron chi connectivity index (χ4n) is 2.36. The van der Waals surface area contributed by atoms with Crippen LogP contribution in [0.4, 0.5) is 5.69 Å². The van der Waals surface area contributed by atoms with Gasteiger partial charge < -0.3 is 9.88 Å². The highest BCUT2D eigenvalue weighted by molar-refractivity contribution is 5.88. The molecule has 0 aliphatic rings. The smallest absolute Gasteiger partial charge is 0.112 e. The lowest BCUT2D eigenvalue weighted by molar-refractivity contribution is 0.553. The average molecular weight is 245 g/mol. The van der Waals surface area contributed by atoms with E-state index >= 15 is 0 Å². The van der Waals surface area contributed by atoms with E-state index in [1.807, 2.05) is 0 Å². The number of hydrogen-bond donors (Lipinski definition) is 1. The van der Waals surface area contributed by atoms with Gasteiger partial charge >= 0.3 is 0 Å². The Hall–Kier alpha value is -1.51. The van der Waals surface area contributed by atoms with Crippen molar-refractivity contribution in [2.45, 2.75) is 27.7 Å². The van der Waals surface area contributed by atoms with E-state index < -0.39 is 0 Å². The highest BCUT2D eigenvalue weighted by Gasteiger charge is 2.14. The van der Waals surface area contributed by atoms with Crippen molar-refractivity contribution in [1.82, 2.24) is 9.97 Å². The predicted molar refractivity (Wildman–Crippen MR) is 78.0 cm³/mol. The minimum Gasteiger partial charge on any atom is -0.369 e. The molecule has 0 aliphatic heterocycles. The van der Waals surface area contributed by atoms with Gasteiger partial charge in [0.15, 0.2) is 0 Å². The van der Waals surface area contributed by atoms with E-state index in [0.717, 1.165) is 24.1 Å². The third-order valence-corrected chi connectivity index (χ3v) is 2.94. The molecule has 0 spiro atoms. The summed E-state index contributed by atoms with van der Waals surface area (Å²) in [5, 5.41) is 0. The molecule has 0 saturated heterocycles. The molecular weight excluding hydrogens is 222 g/mol. The fraction of sp³-hybridized carbons (Fsp3) is 0.533. The highest BCUT2D eigenvalue weighted by Crippen LogP contribution is 2.25. The maximum Gasteiger partial charge on any atom is 0.112 e. The Morgan fingerprint density at radius 1 is 1.11 bits per heavy atom. The van der Waals surface area contributed by atoms with Crippen LogP contribution in [0.1, 0.15) is 27.7 Å². The molecule has 1 aromatic carbocycles. The van der Waals surface area contributed by atoms with E-state index in [1.54, 1.807) is 6.33 Å². The number of rotatable bonds is 5. The summed E-state index contributed by atoms with van der Waals surface area (Å²) < 4.78 is 0. The lowest BCUT2D eigenvalue weighted by Crippen LogP contribution is -2.31. The number of imidazole rings is 1. The Morgan fingerprint density at radius 3 is 2.39 bits per heavy atom. The van der Waals surface area contributed by atoms with Gasteiger partial charge in [-0.05, 0) is 24.0 Å². The van der Waals surface area contributed by atoms with Crippen LogP contribution in [0.2, 0.25) is 0 Å². The van der Waals surface area contributed by atoms with Crippen molar-refractivity contribution in [1.29, 1.82) is 0 Å². The van der Waals surface area contributed by atoms with Crippen LogP contribution in [-0.4, -0.2) is 23.1 Å². The number of benzene rings is 1. The Bertz CT molecular complexity index is 489. The number of aromatic amines is 1. The molecule has 98 valence electrons. The third kappa shape index (κ3) is 2.84. The minimum atomic E-state index is 0.651. The molecule has 3 heteroatoms. The van der Waals surface area contributed by atoms with E-state index in [2.05, 4.69) is 60.8 Å². The van der Waals surface area contributed by atoms with E-state index in [-0.39, 0.29) is 0 Å². The maximum atomic E-state index is 4.46. The van der Waals surface area contributed by atoms with Gasteiger partial charge in [-0.1, -0.05) is 33.8 Å². The Morgan fingerprint density at radius 2 is 1.78 bits per heavy atom. The van der Waals surface area contributed by atoms with Crippen LogP contribution in [0.25, 0.3) is 11.0 Å². The monoisotopic (exact) mass is 245 g/mol. The molecule has 0 amide bonds. The van der Waals surface area contributed by atoms with Crippen molar-refractivity contribution in [3.05, 3.63) is 24.5 Å². The van der Waals surface area contributed by atoms with Gasteiger partial charge in [0, 0.05) is 13.1 Å². The molecule has 0 bridgehead atoms. The molecular formula is C15H23N3. The van der Waals surface area contributed by atoms with Crippen molar-refractivity contribution in [2.75, 3.05) is 18.0 Å². The minimum absolute atomic E-state index is 0.651. The van der Waals surface area contributed by atoms with Crippen molar-refractivity contribution in [3.8, 4) is 0 Å². The summed E-state index contributed by atoms with van der Waals surface area (Å²) in [6.07, 6.45) is 1.77. The lowest BCUT2D eigenvalue weighted by atomic mass is 10.1. The molecule has 1 heterocycles. The normalized spacial score (nSPS) is 11.7. The lowest BCUT2D eigenvalue weighted by Gasteiger charge is -2.28. The molecule has 1 N–H and O–H groups in total. The second-order valence-corrected chi connectivity index (χ2v) is 5.77. The molecule has 0 fully saturated rings. The molecule has 0 radical (unpaired) electrons. The van der Waals surface area contributed by atoms with E-state index in [9.17, 15) is 0 Å². The number of anilines is 1. The van der Waals surface area contributed by atoms with Crippen LogP contribution >= 0.6 is 0 Å². The molecule has 18 heavy (non-hydrogen) atoms. The van der Waals surface area contributed by atoms with Crippen molar-refractivity contribution < 1.29 is 0 Å². The molecule has 0 atom stereocenters. The summed E-state index contributed by atoms with van der Waals surface area (Å²) in [7, 11) is 0. The first kappa shape index (κ1) is 12.9. The first-order valence-electron chi connectivity index (χ1n) is 6.75. The van der Waals surface area contributed by atoms with Crippen LogP contribution in [0.5, 0.6) is 0 Å². The predicted octanol–water partition coefficient (Wildman–Crippen LogP) is 3.68. The largest absolute Gasteiger partial charge is 0.369 e. The number of hydrogen-bond acceptors (Lipinski definition) is 2. The Kier molecular flexibility index (Phi) is 3.90. The highest BCUT2D eigenvalue weighted by atomic mass is 15.1. The second kappa shape index (κ2) is 5.42. The SMILES string of the molecule is CC(C)CN(CC(C)C)c1cccc2[nH]cnc12. The number of aromatic nitrogens is 2. The van der Waals surface area contributed by atoms with Crippen molar-refractivity contribution in [3.63, 3.8) is 0 Å². The Balaban J connectivity index is 2.36. The molecule has 1 aromatic heterocycles. The zero-order chi connectivity index (χ0) is 13.1. The van der Waals surface area contributed by atoms with Gasteiger partial charge in [-0.3, -0.25) is 0 Å². The third-order valence-electron chi connectivity index (χ3n) is 2.94. The van der Waals surface area contributed by atoms with Gasteiger partial charge in [0.25, 0.3) is 0 Å². The van der Waals surface area contributed by atoms with Crippen LogP contribution in [0.3, 0.4) is 0 Å². The van der Waals surface area contributed by atoms with Crippen LogP contribution < -0.4 is 4.90 Å². The maximum absolute atomic E-state index is 4.46. The quantitative estimate of drug-likeness (QED) is 0.871. The number of H-pyrrole nitrogens is 1. The Labute approximate surface area is 109 Å². The van der Waals surface area contributed by atoms with Crippen LogP contribution in [-0.2, 0) is 0 Å². The summed E-state index contributed by atoms with van der Waals surface area (Å²) in [4.78, 5) is 10.1. The van der Waals surface area contributed by atoms with Gasteiger partial charge in [0.05, 0.1) is 17.5 Å². The summed E-state index contributed by atoms with van der Waals surface area (Å²) in [6.45, 7) is 11.2. The molecule has 0 aliphatic carbocycles. The van der Waals surface area contributed by atoms with Crippen LogP contribution in [0.15, 0.2) is 24.5 Å². The van der Waals surface area contributed by atoms with Crippen LogP contribution in [0, 0.1) is 11.8 Å². The molecule has 2 rings (SSSR count). The number of nitrogens with one attached hydrogen (secondary N) is 1. The van der Waals surface area contributed by atoms with Gasteiger partial charge in [-0.25, -0.2) is 4.98 Å². The number of nitrogens with zero attached hydrogens (tertiary/aromatic N) is 2. The van der Waals surface area contributed by atoms with Crippen molar-refractivity contribution in [2.24, 2.45) is 11.8 Å². The second-order valence-electron chi connectivity index (χ2n) is 5.77. The molecule has 0 unspecified atom stereocenters. The standard InChI is InChI=1S/C15H23N3/c1-11(2)8-18(9-12(3)4)14-7-5-6-13-15(14)17-10-16-13/h5-7,10-12H,8-9H2,1-4H3,(H,16,17). The van der Waals surface area contributed by atoms with Gasteiger partial charge in [-0.2, -0.15) is 0 Å². The summed E-state index contributed by atoms with van der Waals surface area (Å²) >= 11 is 0. The van der Waals surface area contributed by atoms with Crippen molar-refractivity contribution >= 4 is 16.7 Å². The molecule has 0 saturated carbocycles. The summed E-state index contributed by atoms with van der Waals surface area (Å²) in [5.41, 5.74) is 3.44. The van der Waals surface area contributed by atoms with E-state index in [4.69, 9.17) is 0 Å². The van der Waals surface area contributed by atoms with Gasteiger partial charge in [0.2, 0.25) is 0 Å². The zero-order valence-electron chi connectivity index (χ0n) is 11.8. The fourth-order valence-corrected chi connectivity index (χ4v) is 2.36. The average Bonchev–Trinajstić information content (AvgIpc) is 2.74. The van der Waals surface area contributed by atoms with E-state index in [0.29, 0.717) is 11.8 Å². The number of fused-ring (bicyclic) bond motifs is 1. The molecule has 3 nitrogen and oxygen atoms in total. The first-order chi connectivity index (χ1) is 8.58. The zero-order valence-corrected chi connectivity index (χ0v) is 11.8. The molecule has 2 aromatic rings. The summed E-state index contributed by atoms with van der Waals surface area (Å²) in [6, 6.07) is 6.35. The number of para-hydroxylation sites is 1. The first-order valence-corrected chi connectivity index (χ1v) is 6.75. The topological polar surface area (TPSA) is 31.9 Å².